The van der Waals surface area contributed by atoms with E-state index in [0.717, 1.165) is 30.5 Å². The molecule has 0 spiro atoms. The standard InChI is InChI=1S/C15H21N5O/c1-19(2)9-11-6-5-7-13-12(14(11)21)8-16-15(18-13)17-10-20(3)4/h8-10H,5-7H2,1-4H3. The van der Waals surface area contributed by atoms with E-state index in [2.05, 4.69) is 15.0 Å². The van der Waals surface area contributed by atoms with E-state index in [4.69, 9.17) is 0 Å². The van der Waals surface area contributed by atoms with E-state index in [1.165, 1.54) is 0 Å². The van der Waals surface area contributed by atoms with Crippen LogP contribution in [0.3, 0.4) is 0 Å². The van der Waals surface area contributed by atoms with E-state index >= 15 is 0 Å². The zero-order valence-electron chi connectivity index (χ0n) is 13.0. The zero-order valence-corrected chi connectivity index (χ0v) is 13.0. The molecule has 0 saturated carbocycles. The van der Waals surface area contributed by atoms with Gasteiger partial charge in [0.1, 0.15) is 0 Å². The second-order valence-corrected chi connectivity index (χ2v) is 5.54. The topological polar surface area (TPSA) is 61.7 Å². The molecule has 0 fully saturated rings. The molecule has 6 heteroatoms. The molecule has 0 atom stereocenters. The van der Waals surface area contributed by atoms with Gasteiger partial charge in [-0.2, -0.15) is 0 Å². The smallest absolute Gasteiger partial charge is 0.250 e. The molecular formula is C15H21N5O. The van der Waals surface area contributed by atoms with Crippen molar-refractivity contribution in [1.82, 2.24) is 19.8 Å². The Hall–Kier alpha value is -2.24. The van der Waals surface area contributed by atoms with Crippen LogP contribution in [0.25, 0.3) is 0 Å². The van der Waals surface area contributed by atoms with Crippen LogP contribution in [-0.2, 0) is 6.42 Å². The van der Waals surface area contributed by atoms with Crippen LogP contribution in [0.5, 0.6) is 0 Å². The van der Waals surface area contributed by atoms with Crippen molar-refractivity contribution in [2.24, 2.45) is 4.99 Å². The first-order valence-electron chi connectivity index (χ1n) is 6.95. The Morgan fingerprint density at radius 1 is 1.19 bits per heavy atom. The summed E-state index contributed by atoms with van der Waals surface area (Å²) in [6, 6.07) is 0. The van der Waals surface area contributed by atoms with Gasteiger partial charge in [-0.25, -0.2) is 15.0 Å². The van der Waals surface area contributed by atoms with Gasteiger partial charge in [-0.15, -0.1) is 0 Å². The summed E-state index contributed by atoms with van der Waals surface area (Å²) >= 11 is 0. The number of rotatable bonds is 3. The minimum absolute atomic E-state index is 0.0272. The average Bonchev–Trinajstić information content (AvgIpc) is 2.56. The Morgan fingerprint density at radius 2 is 1.95 bits per heavy atom. The van der Waals surface area contributed by atoms with Crippen molar-refractivity contribution in [3.05, 3.63) is 29.2 Å². The van der Waals surface area contributed by atoms with Gasteiger partial charge in [-0.1, -0.05) is 0 Å². The minimum atomic E-state index is 0.0272. The molecule has 1 aromatic rings. The Kier molecular flexibility index (Phi) is 4.67. The van der Waals surface area contributed by atoms with Crippen LogP contribution < -0.4 is 0 Å². The van der Waals surface area contributed by atoms with Gasteiger partial charge >= 0.3 is 0 Å². The average molecular weight is 287 g/mol. The zero-order chi connectivity index (χ0) is 15.4. The Balaban J connectivity index is 2.34. The van der Waals surface area contributed by atoms with Gasteiger partial charge in [0.2, 0.25) is 0 Å². The summed E-state index contributed by atoms with van der Waals surface area (Å²) in [7, 11) is 7.60. The number of nitrogens with zero attached hydrogens (tertiary/aromatic N) is 5. The second-order valence-electron chi connectivity index (χ2n) is 5.54. The Labute approximate surface area is 125 Å². The van der Waals surface area contributed by atoms with Gasteiger partial charge < -0.3 is 9.80 Å². The fourth-order valence-corrected chi connectivity index (χ4v) is 2.18. The monoisotopic (exact) mass is 287 g/mol. The number of Topliss-reactive ketones (excluding diaryl/α,β-unsaturated/α-hetero) is 1. The highest BCUT2D eigenvalue weighted by atomic mass is 16.1. The maximum atomic E-state index is 12.5. The molecule has 0 bridgehead atoms. The van der Waals surface area contributed by atoms with Crippen molar-refractivity contribution < 1.29 is 4.79 Å². The Bertz CT molecular complexity index is 590. The molecule has 0 aliphatic heterocycles. The predicted molar refractivity (Wildman–Crippen MR) is 82.9 cm³/mol. The van der Waals surface area contributed by atoms with E-state index in [9.17, 15) is 4.79 Å². The minimum Gasteiger partial charge on any atom is -0.383 e. The quantitative estimate of drug-likeness (QED) is 0.366. The number of aliphatic imine (C=N–C) groups is 1. The number of aromatic nitrogens is 2. The van der Waals surface area contributed by atoms with Gasteiger partial charge in [-0.05, 0) is 19.3 Å². The molecule has 1 heterocycles. The molecule has 1 aromatic heterocycles. The summed E-state index contributed by atoms with van der Waals surface area (Å²) in [5.74, 6) is 0.426. The number of fused-ring (bicyclic) bond motifs is 1. The van der Waals surface area contributed by atoms with Gasteiger partial charge in [0.05, 0.1) is 17.6 Å². The number of allylic oxidation sites excluding steroid dienone is 1. The lowest BCUT2D eigenvalue weighted by molar-refractivity contribution is 0.102. The highest BCUT2D eigenvalue weighted by Gasteiger charge is 2.22. The van der Waals surface area contributed by atoms with Gasteiger partial charge in [-0.3, -0.25) is 4.79 Å². The Morgan fingerprint density at radius 3 is 2.62 bits per heavy atom. The van der Waals surface area contributed by atoms with Gasteiger partial charge in [0, 0.05) is 46.2 Å². The third-order valence-corrected chi connectivity index (χ3v) is 3.07. The molecular weight excluding hydrogens is 266 g/mol. The number of hydrogen-bond donors (Lipinski definition) is 0. The lowest BCUT2D eigenvalue weighted by Gasteiger charge is -2.09. The second kappa shape index (κ2) is 6.47. The summed E-state index contributed by atoms with van der Waals surface area (Å²) in [6.45, 7) is 0. The number of carbonyl (C=O) groups excluding carboxylic acids is 1. The SMILES string of the molecule is CN(C)C=Nc1ncc2c(n1)CCCC(=CN(C)C)C2=O. The molecule has 0 aromatic carbocycles. The number of aryl methyl sites for hydroxylation is 1. The summed E-state index contributed by atoms with van der Waals surface area (Å²) in [5, 5.41) is 0. The van der Waals surface area contributed by atoms with E-state index in [1.807, 2.05) is 44.2 Å². The predicted octanol–water partition coefficient (Wildman–Crippen LogP) is 1.66. The molecule has 0 radical (unpaired) electrons. The van der Waals surface area contributed by atoms with Crippen LogP contribution >= 0.6 is 0 Å². The molecule has 1 aliphatic carbocycles. The summed E-state index contributed by atoms with van der Waals surface area (Å²) in [6.07, 6.45) is 7.59. The van der Waals surface area contributed by atoms with E-state index in [1.54, 1.807) is 12.5 Å². The van der Waals surface area contributed by atoms with E-state index < -0.39 is 0 Å². The normalized spacial score (nSPS) is 17.0. The van der Waals surface area contributed by atoms with Crippen LogP contribution in [0, 0.1) is 0 Å². The molecule has 6 nitrogen and oxygen atoms in total. The van der Waals surface area contributed by atoms with Crippen LogP contribution in [0.2, 0.25) is 0 Å². The number of ketones is 1. The molecule has 0 unspecified atom stereocenters. The van der Waals surface area contributed by atoms with E-state index in [-0.39, 0.29) is 5.78 Å². The van der Waals surface area contributed by atoms with Crippen LogP contribution in [0.1, 0.15) is 28.9 Å². The summed E-state index contributed by atoms with van der Waals surface area (Å²) in [5.41, 5.74) is 2.21. The maximum absolute atomic E-state index is 12.5. The van der Waals surface area contributed by atoms with Crippen LogP contribution in [-0.4, -0.2) is 60.1 Å². The van der Waals surface area contributed by atoms with Crippen LogP contribution in [0.15, 0.2) is 23.0 Å². The number of hydrogen-bond acceptors (Lipinski definition) is 5. The van der Waals surface area contributed by atoms with Crippen molar-refractivity contribution in [2.75, 3.05) is 28.2 Å². The largest absolute Gasteiger partial charge is 0.383 e. The first kappa shape index (κ1) is 15.2. The van der Waals surface area contributed by atoms with Crippen molar-refractivity contribution >= 4 is 18.1 Å². The molecule has 21 heavy (non-hydrogen) atoms. The van der Waals surface area contributed by atoms with Crippen molar-refractivity contribution in [3.63, 3.8) is 0 Å². The highest BCUT2D eigenvalue weighted by molar-refractivity contribution is 6.09. The lowest BCUT2D eigenvalue weighted by atomic mass is 10.1. The molecule has 0 amide bonds. The first-order chi connectivity index (χ1) is 9.97. The third-order valence-electron chi connectivity index (χ3n) is 3.07. The van der Waals surface area contributed by atoms with Crippen molar-refractivity contribution in [2.45, 2.75) is 19.3 Å². The van der Waals surface area contributed by atoms with Gasteiger partial charge in [0.15, 0.2) is 5.78 Å². The molecule has 0 saturated heterocycles. The van der Waals surface area contributed by atoms with E-state index in [0.29, 0.717) is 11.5 Å². The molecule has 1 aliphatic rings. The van der Waals surface area contributed by atoms with Crippen molar-refractivity contribution in [3.8, 4) is 0 Å². The fourth-order valence-electron chi connectivity index (χ4n) is 2.18. The number of carbonyl (C=O) groups is 1. The molecule has 2 rings (SSSR count). The molecule has 0 N–H and O–H groups in total. The maximum Gasteiger partial charge on any atom is 0.250 e. The van der Waals surface area contributed by atoms with Crippen LogP contribution in [0.4, 0.5) is 5.95 Å². The third kappa shape index (κ3) is 3.87. The highest BCUT2D eigenvalue weighted by Crippen LogP contribution is 2.24. The first-order valence-corrected chi connectivity index (χ1v) is 6.95. The van der Waals surface area contributed by atoms with Gasteiger partial charge in [0.25, 0.3) is 5.95 Å². The molecule has 112 valence electrons. The van der Waals surface area contributed by atoms with Crippen molar-refractivity contribution in [1.29, 1.82) is 0 Å². The fraction of sp³-hybridized carbons (Fsp3) is 0.467. The summed E-state index contributed by atoms with van der Waals surface area (Å²) in [4.78, 5) is 29.0. The summed E-state index contributed by atoms with van der Waals surface area (Å²) < 4.78 is 0. The lowest BCUT2D eigenvalue weighted by Crippen LogP contribution is -2.11.